The molecule has 0 unspecified atom stereocenters. The highest BCUT2D eigenvalue weighted by Gasteiger charge is 2.22. The lowest BCUT2D eigenvalue weighted by Crippen LogP contribution is -2.33. The number of thiophene rings is 1. The smallest absolute Gasteiger partial charge is 0.141 e. The molecule has 0 spiro atoms. The lowest BCUT2D eigenvalue weighted by atomic mass is 9.99. The summed E-state index contributed by atoms with van der Waals surface area (Å²) in [6.07, 6.45) is 3.45. The topological polar surface area (TPSA) is 29.0 Å². The molecule has 3 nitrogen and oxygen atoms in total. The maximum atomic E-state index is 4.86. The van der Waals surface area contributed by atoms with Crippen molar-refractivity contribution in [2.45, 2.75) is 47.0 Å². The first-order chi connectivity index (χ1) is 9.60. The Morgan fingerprint density at radius 2 is 1.90 bits per heavy atom. The van der Waals surface area contributed by atoms with Gasteiger partial charge in [-0.05, 0) is 38.2 Å². The van der Waals surface area contributed by atoms with E-state index in [1.54, 1.807) is 0 Å². The third-order valence-electron chi connectivity index (χ3n) is 4.46. The first kappa shape index (κ1) is 13.8. The van der Waals surface area contributed by atoms with Crippen LogP contribution in [0, 0.1) is 19.8 Å². The van der Waals surface area contributed by atoms with Gasteiger partial charge in [0, 0.05) is 24.4 Å². The average Bonchev–Trinajstić information content (AvgIpc) is 2.74. The van der Waals surface area contributed by atoms with E-state index in [4.69, 9.17) is 9.97 Å². The molecule has 0 aromatic carbocycles. The van der Waals surface area contributed by atoms with Crippen LogP contribution >= 0.6 is 11.3 Å². The van der Waals surface area contributed by atoms with Gasteiger partial charge in [-0.1, -0.05) is 13.8 Å². The van der Waals surface area contributed by atoms with Crippen LogP contribution in [0.1, 0.15) is 43.0 Å². The molecule has 2 aromatic heterocycles. The zero-order valence-corrected chi connectivity index (χ0v) is 13.7. The third kappa shape index (κ3) is 2.30. The van der Waals surface area contributed by atoms with E-state index >= 15 is 0 Å². The van der Waals surface area contributed by atoms with Gasteiger partial charge in [0.25, 0.3) is 0 Å². The Morgan fingerprint density at radius 3 is 2.55 bits per heavy atom. The van der Waals surface area contributed by atoms with Gasteiger partial charge in [-0.15, -0.1) is 11.3 Å². The van der Waals surface area contributed by atoms with Gasteiger partial charge in [0.05, 0.1) is 5.39 Å². The van der Waals surface area contributed by atoms with Crippen molar-refractivity contribution >= 4 is 27.4 Å². The quantitative estimate of drug-likeness (QED) is 0.833. The summed E-state index contributed by atoms with van der Waals surface area (Å²) in [4.78, 5) is 14.6. The van der Waals surface area contributed by atoms with Crippen molar-refractivity contribution in [3.63, 3.8) is 0 Å². The Bertz CT molecular complexity index is 624. The van der Waals surface area contributed by atoms with Crippen LogP contribution in [0.5, 0.6) is 0 Å². The molecule has 1 aliphatic heterocycles. The van der Waals surface area contributed by atoms with Gasteiger partial charge in [0.1, 0.15) is 16.5 Å². The molecular formula is C16H23N3S. The van der Waals surface area contributed by atoms with Crippen molar-refractivity contribution in [3.05, 3.63) is 16.3 Å². The maximum Gasteiger partial charge on any atom is 0.141 e. The minimum absolute atomic E-state index is 0.847. The Hall–Kier alpha value is -1.16. The van der Waals surface area contributed by atoms with Gasteiger partial charge in [-0.25, -0.2) is 9.97 Å². The second kappa shape index (κ2) is 5.32. The molecule has 1 aliphatic rings. The number of anilines is 1. The molecule has 4 heteroatoms. The van der Waals surface area contributed by atoms with E-state index in [0.29, 0.717) is 0 Å². The highest BCUT2D eigenvalue weighted by Crippen LogP contribution is 2.36. The monoisotopic (exact) mass is 289 g/mol. The standard InChI is InChI=1S/C16H23N3S/c1-5-13-17-15(19-8-6-10(2)7-9-19)14-11(3)12(4)20-16(14)18-13/h10H,5-9H2,1-4H3. The minimum Gasteiger partial charge on any atom is -0.356 e. The lowest BCUT2D eigenvalue weighted by molar-refractivity contribution is 0.437. The van der Waals surface area contributed by atoms with Crippen LogP contribution in [0.3, 0.4) is 0 Å². The molecule has 0 aliphatic carbocycles. The number of aromatic nitrogens is 2. The number of hydrogen-bond donors (Lipinski definition) is 0. The molecule has 0 bridgehead atoms. The minimum atomic E-state index is 0.847. The molecule has 1 fully saturated rings. The number of fused-ring (bicyclic) bond motifs is 1. The molecule has 2 aromatic rings. The third-order valence-corrected chi connectivity index (χ3v) is 5.56. The summed E-state index contributed by atoms with van der Waals surface area (Å²) in [5, 5.41) is 1.29. The van der Waals surface area contributed by atoms with Crippen molar-refractivity contribution in [2.75, 3.05) is 18.0 Å². The van der Waals surface area contributed by atoms with Crippen molar-refractivity contribution in [1.29, 1.82) is 0 Å². The maximum absolute atomic E-state index is 4.86. The predicted molar refractivity (Wildman–Crippen MR) is 86.9 cm³/mol. The van der Waals surface area contributed by atoms with Gasteiger partial charge in [0.15, 0.2) is 0 Å². The van der Waals surface area contributed by atoms with E-state index in [1.165, 1.54) is 39.3 Å². The van der Waals surface area contributed by atoms with E-state index in [9.17, 15) is 0 Å². The molecule has 108 valence electrons. The average molecular weight is 289 g/mol. The van der Waals surface area contributed by atoms with E-state index in [1.807, 2.05) is 11.3 Å². The summed E-state index contributed by atoms with van der Waals surface area (Å²) in [5.41, 5.74) is 1.36. The molecule has 3 rings (SSSR count). The summed E-state index contributed by atoms with van der Waals surface area (Å²) < 4.78 is 0. The molecule has 0 saturated carbocycles. The van der Waals surface area contributed by atoms with Crippen LogP contribution < -0.4 is 4.90 Å². The molecule has 3 heterocycles. The van der Waals surface area contributed by atoms with Crippen molar-refractivity contribution in [2.24, 2.45) is 5.92 Å². The molecule has 20 heavy (non-hydrogen) atoms. The van der Waals surface area contributed by atoms with Crippen LogP contribution in [0.25, 0.3) is 10.2 Å². The Kier molecular flexibility index (Phi) is 3.67. The summed E-state index contributed by atoms with van der Waals surface area (Å²) in [6.45, 7) is 11.1. The molecule has 0 atom stereocenters. The second-order valence-corrected chi connectivity index (χ2v) is 7.15. The molecular weight excluding hydrogens is 266 g/mol. The normalized spacial score (nSPS) is 17.1. The van der Waals surface area contributed by atoms with Crippen LogP contribution in [-0.2, 0) is 6.42 Å². The van der Waals surface area contributed by atoms with Crippen LogP contribution in [-0.4, -0.2) is 23.1 Å². The fourth-order valence-electron chi connectivity index (χ4n) is 2.88. The van der Waals surface area contributed by atoms with Crippen LogP contribution in [0.4, 0.5) is 5.82 Å². The summed E-state index contributed by atoms with van der Waals surface area (Å²) >= 11 is 1.81. The molecule has 0 amide bonds. The fourth-order valence-corrected chi connectivity index (χ4v) is 3.92. The number of hydrogen-bond acceptors (Lipinski definition) is 4. The fraction of sp³-hybridized carbons (Fsp3) is 0.625. The largest absolute Gasteiger partial charge is 0.356 e. The highest BCUT2D eigenvalue weighted by atomic mass is 32.1. The molecule has 1 saturated heterocycles. The Labute approximate surface area is 125 Å². The predicted octanol–water partition coefficient (Wildman–Crippen LogP) is 4.11. The van der Waals surface area contributed by atoms with E-state index < -0.39 is 0 Å². The second-order valence-electron chi connectivity index (χ2n) is 5.95. The molecule has 0 radical (unpaired) electrons. The summed E-state index contributed by atoms with van der Waals surface area (Å²) in [6, 6.07) is 0. The van der Waals surface area contributed by atoms with Gasteiger partial charge < -0.3 is 4.90 Å². The first-order valence-electron chi connectivity index (χ1n) is 7.61. The molecule has 0 N–H and O–H groups in total. The Balaban J connectivity index is 2.12. The zero-order valence-electron chi connectivity index (χ0n) is 12.9. The van der Waals surface area contributed by atoms with Gasteiger partial charge in [-0.3, -0.25) is 0 Å². The first-order valence-corrected chi connectivity index (χ1v) is 8.43. The van der Waals surface area contributed by atoms with E-state index in [2.05, 4.69) is 32.6 Å². The van der Waals surface area contributed by atoms with Crippen molar-refractivity contribution in [1.82, 2.24) is 9.97 Å². The zero-order chi connectivity index (χ0) is 14.3. The van der Waals surface area contributed by atoms with Crippen LogP contribution in [0.15, 0.2) is 0 Å². The van der Waals surface area contributed by atoms with E-state index in [0.717, 1.165) is 31.3 Å². The Morgan fingerprint density at radius 1 is 1.20 bits per heavy atom. The number of nitrogens with zero attached hydrogens (tertiary/aromatic N) is 3. The van der Waals surface area contributed by atoms with Crippen LogP contribution in [0.2, 0.25) is 0 Å². The summed E-state index contributed by atoms with van der Waals surface area (Å²) in [5.74, 6) is 3.01. The van der Waals surface area contributed by atoms with Crippen molar-refractivity contribution in [3.8, 4) is 0 Å². The summed E-state index contributed by atoms with van der Waals surface area (Å²) in [7, 11) is 0. The van der Waals surface area contributed by atoms with Gasteiger partial charge >= 0.3 is 0 Å². The SMILES string of the molecule is CCc1nc(N2CCC(C)CC2)c2c(C)c(C)sc2n1. The highest BCUT2D eigenvalue weighted by molar-refractivity contribution is 7.18. The van der Waals surface area contributed by atoms with E-state index in [-0.39, 0.29) is 0 Å². The number of aryl methyl sites for hydroxylation is 3. The lowest BCUT2D eigenvalue weighted by Gasteiger charge is -2.32. The van der Waals surface area contributed by atoms with Crippen molar-refractivity contribution < 1.29 is 0 Å². The number of rotatable bonds is 2. The van der Waals surface area contributed by atoms with Gasteiger partial charge in [-0.2, -0.15) is 0 Å². The van der Waals surface area contributed by atoms with Gasteiger partial charge in [0.2, 0.25) is 0 Å². The number of piperidine rings is 1.